The Kier molecular flexibility index (Phi) is 4.13. The lowest BCUT2D eigenvalue weighted by molar-refractivity contribution is 0.0713. The predicted molar refractivity (Wildman–Crippen MR) is 76.1 cm³/mol. The molecule has 0 saturated heterocycles. The molecule has 2 rings (SSSR count). The highest BCUT2D eigenvalue weighted by molar-refractivity contribution is 5.98. The number of carbonyl (C=O) groups is 1. The summed E-state index contributed by atoms with van der Waals surface area (Å²) in [5, 5.41) is 10.3. The van der Waals surface area contributed by atoms with Crippen LogP contribution >= 0.6 is 0 Å². The van der Waals surface area contributed by atoms with Crippen LogP contribution in [0.4, 0.5) is 0 Å². The Morgan fingerprint density at radius 2 is 1.58 bits per heavy atom. The predicted octanol–water partition coefficient (Wildman–Crippen LogP) is 3.55. The number of benzene rings is 2. The molecule has 0 aliphatic carbocycles. The van der Waals surface area contributed by atoms with Crippen LogP contribution in [0.5, 0.6) is 0 Å². The largest absolute Gasteiger partial charge is 0.388 e. The fraction of sp³-hybridized carbons (Fsp3) is 0.235. The van der Waals surface area contributed by atoms with Crippen molar-refractivity contribution in [3.8, 4) is 0 Å². The molecule has 0 radical (unpaired) electrons. The van der Waals surface area contributed by atoms with E-state index >= 15 is 0 Å². The van der Waals surface area contributed by atoms with Gasteiger partial charge in [0.2, 0.25) is 0 Å². The van der Waals surface area contributed by atoms with Crippen molar-refractivity contribution in [3.63, 3.8) is 0 Å². The van der Waals surface area contributed by atoms with E-state index in [2.05, 4.69) is 0 Å². The van der Waals surface area contributed by atoms with Gasteiger partial charge in [-0.3, -0.25) is 4.79 Å². The smallest absolute Gasteiger partial charge is 0.168 e. The molecule has 0 aliphatic heterocycles. The van der Waals surface area contributed by atoms with E-state index in [1.807, 2.05) is 49.4 Å². The van der Waals surface area contributed by atoms with E-state index in [0.29, 0.717) is 5.56 Å². The summed E-state index contributed by atoms with van der Waals surface area (Å²) in [5.74, 6) is -0.487. The van der Waals surface area contributed by atoms with Gasteiger partial charge in [-0.15, -0.1) is 0 Å². The molecule has 1 N–H and O–H groups in total. The van der Waals surface area contributed by atoms with E-state index in [0.717, 1.165) is 11.1 Å². The molecule has 2 aromatic carbocycles. The quantitative estimate of drug-likeness (QED) is 0.847. The molecule has 0 bridgehead atoms. The molecule has 0 fully saturated rings. The SMILES string of the molecule is Cc1ccc(C(O)C(C)C(=O)c2ccccc2)cc1. The molecule has 0 spiro atoms. The van der Waals surface area contributed by atoms with Crippen LogP contribution in [0.1, 0.15) is 34.5 Å². The second-order valence-corrected chi connectivity index (χ2v) is 4.87. The highest BCUT2D eigenvalue weighted by atomic mass is 16.3. The first-order valence-electron chi connectivity index (χ1n) is 6.43. The van der Waals surface area contributed by atoms with Crippen LogP contribution < -0.4 is 0 Å². The topological polar surface area (TPSA) is 37.3 Å². The molecular formula is C17H18O2. The molecule has 0 saturated carbocycles. The number of aliphatic hydroxyl groups is 1. The number of rotatable bonds is 4. The normalized spacial score (nSPS) is 13.8. The molecule has 98 valence electrons. The number of aliphatic hydroxyl groups excluding tert-OH is 1. The molecule has 2 atom stereocenters. The van der Waals surface area contributed by atoms with Gasteiger partial charge >= 0.3 is 0 Å². The van der Waals surface area contributed by atoms with Gasteiger partial charge in [0.1, 0.15) is 0 Å². The van der Waals surface area contributed by atoms with Crippen LogP contribution in [0.3, 0.4) is 0 Å². The Balaban J connectivity index is 2.17. The lowest BCUT2D eigenvalue weighted by atomic mass is 9.90. The number of hydrogen-bond donors (Lipinski definition) is 1. The van der Waals surface area contributed by atoms with Gasteiger partial charge in [0.05, 0.1) is 6.10 Å². The minimum atomic E-state index is -0.770. The highest BCUT2D eigenvalue weighted by Gasteiger charge is 2.24. The van der Waals surface area contributed by atoms with Gasteiger partial charge in [-0.1, -0.05) is 67.1 Å². The summed E-state index contributed by atoms with van der Waals surface area (Å²) in [5.41, 5.74) is 2.56. The first-order valence-corrected chi connectivity index (χ1v) is 6.43. The average Bonchev–Trinajstić information content (AvgIpc) is 2.46. The van der Waals surface area contributed by atoms with Gasteiger partial charge in [0, 0.05) is 11.5 Å². The minimum absolute atomic E-state index is 0.0336. The van der Waals surface area contributed by atoms with Crippen LogP contribution in [0.15, 0.2) is 54.6 Å². The Hall–Kier alpha value is -1.93. The molecule has 0 amide bonds. The van der Waals surface area contributed by atoms with Gasteiger partial charge in [-0.05, 0) is 12.5 Å². The van der Waals surface area contributed by atoms with E-state index in [-0.39, 0.29) is 5.78 Å². The maximum atomic E-state index is 12.3. The fourth-order valence-electron chi connectivity index (χ4n) is 2.06. The van der Waals surface area contributed by atoms with Crippen molar-refractivity contribution in [2.24, 2.45) is 5.92 Å². The molecule has 2 heteroatoms. The highest BCUT2D eigenvalue weighted by Crippen LogP contribution is 2.25. The molecular weight excluding hydrogens is 236 g/mol. The minimum Gasteiger partial charge on any atom is -0.388 e. The molecule has 2 unspecified atom stereocenters. The summed E-state index contributed by atoms with van der Waals surface area (Å²) in [6, 6.07) is 16.7. The first kappa shape index (κ1) is 13.5. The Morgan fingerprint density at radius 1 is 1.00 bits per heavy atom. The van der Waals surface area contributed by atoms with Crippen molar-refractivity contribution in [1.29, 1.82) is 0 Å². The number of ketones is 1. The number of Topliss-reactive ketones (excluding diaryl/α,β-unsaturated/α-hetero) is 1. The Bertz CT molecular complexity index is 543. The van der Waals surface area contributed by atoms with E-state index < -0.39 is 12.0 Å². The summed E-state index contributed by atoms with van der Waals surface area (Å²) >= 11 is 0. The first-order chi connectivity index (χ1) is 9.09. The van der Waals surface area contributed by atoms with Crippen LogP contribution in [-0.4, -0.2) is 10.9 Å². The van der Waals surface area contributed by atoms with Gasteiger partial charge in [-0.25, -0.2) is 0 Å². The van der Waals surface area contributed by atoms with E-state index in [1.165, 1.54) is 0 Å². The van der Waals surface area contributed by atoms with Crippen molar-refractivity contribution in [2.45, 2.75) is 20.0 Å². The molecule has 2 aromatic rings. The average molecular weight is 254 g/mol. The van der Waals surface area contributed by atoms with Gasteiger partial charge in [0.25, 0.3) is 0 Å². The van der Waals surface area contributed by atoms with Crippen molar-refractivity contribution in [1.82, 2.24) is 0 Å². The summed E-state index contributed by atoms with van der Waals surface area (Å²) < 4.78 is 0. The number of carbonyl (C=O) groups excluding carboxylic acids is 1. The van der Waals surface area contributed by atoms with Crippen LogP contribution in [0, 0.1) is 12.8 Å². The summed E-state index contributed by atoms with van der Waals surface area (Å²) in [6.07, 6.45) is -0.770. The zero-order valence-corrected chi connectivity index (χ0v) is 11.2. The third-order valence-corrected chi connectivity index (χ3v) is 3.36. The van der Waals surface area contributed by atoms with Crippen LogP contribution in [0.25, 0.3) is 0 Å². The molecule has 0 aliphatic rings. The molecule has 19 heavy (non-hydrogen) atoms. The van der Waals surface area contributed by atoms with Gasteiger partial charge in [-0.2, -0.15) is 0 Å². The van der Waals surface area contributed by atoms with Crippen molar-refractivity contribution in [2.75, 3.05) is 0 Å². The Labute approximate surface area is 113 Å². The molecule has 2 nitrogen and oxygen atoms in total. The number of hydrogen-bond acceptors (Lipinski definition) is 2. The zero-order valence-electron chi connectivity index (χ0n) is 11.2. The maximum Gasteiger partial charge on any atom is 0.168 e. The number of aryl methyl sites for hydroxylation is 1. The Morgan fingerprint density at radius 3 is 2.16 bits per heavy atom. The van der Waals surface area contributed by atoms with Gasteiger partial charge in [0.15, 0.2) is 5.78 Å². The fourth-order valence-corrected chi connectivity index (χ4v) is 2.06. The van der Waals surface area contributed by atoms with Crippen LogP contribution in [0.2, 0.25) is 0 Å². The second-order valence-electron chi connectivity index (χ2n) is 4.87. The zero-order chi connectivity index (χ0) is 13.8. The van der Waals surface area contributed by atoms with E-state index in [9.17, 15) is 9.90 Å². The summed E-state index contributed by atoms with van der Waals surface area (Å²) in [7, 11) is 0. The summed E-state index contributed by atoms with van der Waals surface area (Å²) in [6.45, 7) is 3.76. The van der Waals surface area contributed by atoms with E-state index in [4.69, 9.17) is 0 Å². The third kappa shape index (κ3) is 3.09. The van der Waals surface area contributed by atoms with Crippen molar-refractivity contribution in [3.05, 3.63) is 71.3 Å². The van der Waals surface area contributed by atoms with Crippen LogP contribution in [-0.2, 0) is 0 Å². The molecule has 0 heterocycles. The molecule has 0 aromatic heterocycles. The lowest BCUT2D eigenvalue weighted by Crippen LogP contribution is -2.19. The van der Waals surface area contributed by atoms with Crippen molar-refractivity contribution >= 4 is 5.78 Å². The van der Waals surface area contributed by atoms with Gasteiger partial charge < -0.3 is 5.11 Å². The third-order valence-electron chi connectivity index (χ3n) is 3.36. The van der Waals surface area contributed by atoms with Crippen molar-refractivity contribution < 1.29 is 9.90 Å². The monoisotopic (exact) mass is 254 g/mol. The summed E-state index contributed by atoms with van der Waals surface area (Å²) in [4.78, 5) is 12.3. The second kappa shape index (κ2) is 5.81. The lowest BCUT2D eigenvalue weighted by Gasteiger charge is -2.18. The van der Waals surface area contributed by atoms with E-state index in [1.54, 1.807) is 19.1 Å². The standard InChI is InChI=1S/C17H18O2/c1-12-8-10-15(11-9-12)17(19)13(2)16(18)14-6-4-3-5-7-14/h3-11,13,17,19H,1-2H3. The maximum absolute atomic E-state index is 12.3.